The van der Waals surface area contributed by atoms with Crippen LogP contribution in [0.3, 0.4) is 0 Å². The summed E-state index contributed by atoms with van der Waals surface area (Å²) in [5.74, 6) is 0.510. The molecule has 0 bridgehead atoms. The second kappa shape index (κ2) is 8.48. The monoisotopic (exact) mass is 257 g/mol. The van der Waals surface area contributed by atoms with Gasteiger partial charge in [0.25, 0.3) is 0 Å². The van der Waals surface area contributed by atoms with Crippen molar-refractivity contribution in [2.45, 2.75) is 58.1 Å². The number of carbonyl (C=O) groups excluding carboxylic acids is 1. The van der Waals surface area contributed by atoms with Crippen LogP contribution in [0.4, 0.5) is 0 Å². The molecule has 0 aromatic carbocycles. The molecule has 0 aromatic rings. The van der Waals surface area contributed by atoms with Crippen LogP contribution in [0, 0.1) is 5.92 Å². The number of ether oxygens (including phenoxy) is 2. The van der Waals surface area contributed by atoms with Gasteiger partial charge in [-0.25, -0.2) is 0 Å². The summed E-state index contributed by atoms with van der Waals surface area (Å²) in [4.78, 5) is 11.6. The minimum atomic E-state index is -0.327. The molecule has 0 aromatic heterocycles. The van der Waals surface area contributed by atoms with E-state index in [9.17, 15) is 4.79 Å². The van der Waals surface area contributed by atoms with Crippen LogP contribution in [-0.4, -0.2) is 38.4 Å². The van der Waals surface area contributed by atoms with Gasteiger partial charge in [0.1, 0.15) is 6.04 Å². The molecule has 0 saturated heterocycles. The zero-order chi connectivity index (χ0) is 13.4. The third-order valence-corrected chi connectivity index (χ3v) is 3.51. The predicted molar refractivity (Wildman–Crippen MR) is 71.5 cm³/mol. The Morgan fingerprint density at radius 3 is 2.83 bits per heavy atom. The van der Waals surface area contributed by atoms with Gasteiger partial charge in [0.05, 0.1) is 19.8 Å². The first-order valence-corrected chi connectivity index (χ1v) is 7.10. The van der Waals surface area contributed by atoms with Crippen LogP contribution in [0.5, 0.6) is 0 Å². The summed E-state index contributed by atoms with van der Waals surface area (Å²) >= 11 is 0. The van der Waals surface area contributed by atoms with Gasteiger partial charge < -0.3 is 14.8 Å². The van der Waals surface area contributed by atoms with Gasteiger partial charge in [-0.2, -0.15) is 0 Å². The molecule has 0 aliphatic heterocycles. The molecule has 3 unspecified atom stereocenters. The third kappa shape index (κ3) is 5.36. The van der Waals surface area contributed by atoms with Crippen LogP contribution in [0.15, 0.2) is 0 Å². The van der Waals surface area contributed by atoms with Gasteiger partial charge in [-0.1, -0.05) is 26.7 Å². The summed E-state index contributed by atoms with van der Waals surface area (Å²) in [6.45, 7) is 5.57. The molecular formula is C14H27NO3. The quantitative estimate of drug-likeness (QED) is 0.710. The van der Waals surface area contributed by atoms with E-state index in [2.05, 4.69) is 19.2 Å². The fourth-order valence-electron chi connectivity index (χ4n) is 2.43. The SMILES string of the molecule is CCCNC(COC1CCCC(C)C1)C(=O)OC. The Morgan fingerprint density at radius 2 is 2.22 bits per heavy atom. The van der Waals surface area contributed by atoms with Gasteiger partial charge in [0.2, 0.25) is 0 Å². The summed E-state index contributed by atoms with van der Waals surface area (Å²) in [7, 11) is 1.42. The van der Waals surface area contributed by atoms with E-state index in [1.807, 2.05) is 0 Å². The van der Waals surface area contributed by atoms with E-state index in [1.165, 1.54) is 20.0 Å². The van der Waals surface area contributed by atoms with Gasteiger partial charge in [0, 0.05) is 0 Å². The second-order valence-electron chi connectivity index (χ2n) is 5.26. The van der Waals surface area contributed by atoms with E-state index in [0.717, 1.165) is 31.7 Å². The molecule has 0 radical (unpaired) electrons. The van der Waals surface area contributed by atoms with Crippen LogP contribution in [0.1, 0.15) is 46.0 Å². The highest BCUT2D eigenvalue weighted by Gasteiger charge is 2.23. The Labute approximate surface area is 110 Å². The molecule has 1 aliphatic rings. The van der Waals surface area contributed by atoms with Crippen molar-refractivity contribution in [2.75, 3.05) is 20.3 Å². The lowest BCUT2D eigenvalue weighted by atomic mass is 9.89. The molecule has 4 heteroatoms. The average Bonchev–Trinajstić information content (AvgIpc) is 2.38. The van der Waals surface area contributed by atoms with Crippen molar-refractivity contribution in [3.05, 3.63) is 0 Å². The molecule has 106 valence electrons. The van der Waals surface area contributed by atoms with Crippen molar-refractivity contribution in [3.8, 4) is 0 Å². The van der Waals surface area contributed by atoms with Crippen LogP contribution in [-0.2, 0) is 14.3 Å². The number of hydrogen-bond donors (Lipinski definition) is 1. The maximum Gasteiger partial charge on any atom is 0.325 e. The van der Waals surface area contributed by atoms with Gasteiger partial charge >= 0.3 is 5.97 Å². The van der Waals surface area contributed by atoms with Crippen LogP contribution in [0.25, 0.3) is 0 Å². The highest BCUT2D eigenvalue weighted by atomic mass is 16.5. The smallest absolute Gasteiger partial charge is 0.325 e. The standard InChI is InChI=1S/C14H27NO3/c1-4-8-15-13(14(16)17-3)10-18-12-7-5-6-11(2)9-12/h11-13,15H,4-10H2,1-3H3. The van der Waals surface area contributed by atoms with Crippen molar-refractivity contribution >= 4 is 5.97 Å². The first kappa shape index (κ1) is 15.4. The number of methoxy groups -OCH3 is 1. The third-order valence-electron chi connectivity index (χ3n) is 3.51. The van der Waals surface area contributed by atoms with Crippen molar-refractivity contribution in [1.82, 2.24) is 5.32 Å². The number of carbonyl (C=O) groups is 1. The van der Waals surface area contributed by atoms with E-state index in [-0.39, 0.29) is 12.0 Å². The van der Waals surface area contributed by atoms with Crippen molar-refractivity contribution in [2.24, 2.45) is 5.92 Å². The zero-order valence-corrected chi connectivity index (χ0v) is 11.9. The maximum atomic E-state index is 11.6. The van der Waals surface area contributed by atoms with Gasteiger partial charge in [0.15, 0.2) is 0 Å². The molecule has 0 heterocycles. The molecule has 1 aliphatic carbocycles. The second-order valence-corrected chi connectivity index (χ2v) is 5.26. The minimum absolute atomic E-state index is 0.229. The van der Waals surface area contributed by atoms with Crippen LogP contribution >= 0.6 is 0 Å². The van der Waals surface area contributed by atoms with Crippen molar-refractivity contribution < 1.29 is 14.3 Å². The first-order chi connectivity index (χ1) is 8.67. The Balaban J connectivity index is 2.33. The minimum Gasteiger partial charge on any atom is -0.468 e. The lowest BCUT2D eigenvalue weighted by Crippen LogP contribution is -2.43. The lowest BCUT2D eigenvalue weighted by molar-refractivity contribution is -0.145. The van der Waals surface area contributed by atoms with Gasteiger partial charge in [-0.3, -0.25) is 4.79 Å². The van der Waals surface area contributed by atoms with Crippen molar-refractivity contribution in [1.29, 1.82) is 0 Å². The van der Waals surface area contributed by atoms with E-state index < -0.39 is 0 Å². The number of esters is 1. The summed E-state index contributed by atoms with van der Waals surface area (Å²) in [6, 6.07) is -0.327. The number of hydrogen-bond acceptors (Lipinski definition) is 4. The Bertz CT molecular complexity index is 245. The van der Waals surface area contributed by atoms with E-state index in [4.69, 9.17) is 9.47 Å². The highest BCUT2D eigenvalue weighted by Crippen LogP contribution is 2.25. The summed E-state index contributed by atoms with van der Waals surface area (Å²) in [5.41, 5.74) is 0. The predicted octanol–water partition coefficient (Wildman–Crippen LogP) is 2.12. The summed E-state index contributed by atoms with van der Waals surface area (Å²) in [5, 5.41) is 3.17. The molecule has 18 heavy (non-hydrogen) atoms. The van der Waals surface area contributed by atoms with Crippen LogP contribution in [0.2, 0.25) is 0 Å². The molecule has 0 spiro atoms. The fourth-order valence-corrected chi connectivity index (χ4v) is 2.43. The normalized spacial score (nSPS) is 25.7. The first-order valence-electron chi connectivity index (χ1n) is 7.10. The Morgan fingerprint density at radius 1 is 1.44 bits per heavy atom. The lowest BCUT2D eigenvalue weighted by Gasteiger charge is -2.28. The number of rotatable bonds is 7. The van der Waals surface area contributed by atoms with Crippen molar-refractivity contribution in [3.63, 3.8) is 0 Å². The Hall–Kier alpha value is -0.610. The molecule has 4 nitrogen and oxygen atoms in total. The topological polar surface area (TPSA) is 47.6 Å². The molecule has 3 atom stereocenters. The number of nitrogens with one attached hydrogen (secondary N) is 1. The summed E-state index contributed by atoms with van der Waals surface area (Å²) in [6.07, 6.45) is 6.07. The molecule has 1 N–H and O–H groups in total. The van der Waals surface area contributed by atoms with Crippen LogP contribution < -0.4 is 5.32 Å². The Kier molecular flexibility index (Phi) is 7.28. The van der Waals surface area contributed by atoms with Gasteiger partial charge in [-0.15, -0.1) is 0 Å². The molecule has 0 amide bonds. The molecular weight excluding hydrogens is 230 g/mol. The fraction of sp³-hybridized carbons (Fsp3) is 0.929. The molecule has 1 rings (SSSR count). The molecule has 1 fully saturated rings. The highest BCUT2D eigenvalue weighted by molar-refractivity contribution is 5.75. The van der Waals surface area contributed by atoms with E-state index in [1.54, 1.807) is 0 Å². The van der Waals surface area contributed by atoms with E-state index in [0.29, 0.717) is 12.7 Å². The molecule has 1 saturated carbocycles. The van der Waals surface area contributed by atoms with Gasteiger partial charge in [-0.05, 0) is 31.7 Å². The summed E-state index contributed by atoms with van der Waals surface area (Å²) < 4.78 is 10.7. The zero-order valence-electron chi connectivity index (χ0n) is 11.9. The van der Waals surface area contributed by atoms with E-state index >= 15 is 0 Å². The largest absolute Gasteiger partial charge is 0.468 e. The maximum absolute atomic E-state index is 11.6. The average molecular weight is 257 g/mol.